The Morgan fingerprint density at radius 3 is 2.71 bits per heavy atom. The lowest BCUT2D eigenvalue weighted by Gasteiger charge is -2.19. The van der Waals surface area contributed by atoms with Gasteiger partial charge in [-0.2, -0.15) is 0 Å². The Kier molecular flexibility index (Phi) is 4.98. The Labute approximate surface area is 109 Å². The molecule has 0 saturated carbocycles. The lowest BCUT2D eigenvalue weighted by molar-refractivity contribution is -0.113. The molecule has 0 bridgehead atoms. The average molecular weight is 271 g/mol. The van der Waals surface area contributed by atoms with Gasteiger partial charge in [0, 0.05) is 43.2 Å². The van der Waals surface area contributed by atoms with E-state index < -0.39 is 0 Å². The number of likely N-dealkylation sites (N-methyl/N-ethyl adjacent to an activating group) is 1. The van der Waals surface area contributed by atoms with E-state index in [0.29, 0.717) is 10.7 Å². The molecule has 1 aromatic carbocycles. The van der Waals surface area contributed by atoms with Gasteiger partial charge in [-0.15, -0.1) is 9.24 Å². The minimum absolute atomic E-state index is 0.00770. The summed E-state index contributed by atoms with van der Waals surface area (Å²) in [6.07, 6.45) is 1.75. The minimum Gasteiger partial charge on any atom is -0.384 e. The highest BCUT2D eigenvalue weighted by Gasteiger charge is 2.08. The number of anilines is 1. The lowest BCUT2D eigenvalue weighted by Crippen LogP contribution is -2.21. The van der Waals surface area contributed by atoms with E-state index in [4.69, 9.17) is 11.6 Å². The fourth-order valence-corrected chi connectivity index (χ4v) is 1.99. The second-order valence-corrected chi connectivity index (χ2v) is 4.62. The van der Waals surface area contributed by atoms with E-state index in [1.54, 1.807) is 13.2 Å². The second kappa shape index (κ2) is 6.04. The number of carbonyl (C=O) groups excluding carboxylic acids is 1. The molecule has 0 radical (unpaired) electrons. The zero-order valence-corrected chi connectivity index (χ0v) is 12.0. The molecule has 5 heteroatoms. The van der Waals surface area contributed by atoms with E-state index in [1.807, 2.05) is 30.1 Å². The van der Waals surface area contributed by atoms with Crippen LogP contribution in [0.4, 0.5) is 5.69 Å². The fraction of sp³-hybridized carbons (Fsp3) is 0.250. The smallest absolute Gasteiger partial charge is 0.177 e. The zero-order chi connectivity index (χ0) is 13.0. The van der Waals surface area contributed by atoms with Crippen LogP contribution in [0.2, 0.25) is 5.02 Å². The molecule has 1 N–H and O–H groups in total. The van der Waals surface area contributed by atoms with Crippen molar-refractivity contribution in [2.75, 3.05) is 19.0 Å². The number of halogens is 1. The van der Waals surface area contributed by atoms with Gasteiger partial charge in [0.05, 0.1) is 5.70 Å². The first-order valence-electron chi connectivity index (χ1n) is 5.14. The molecule has 1 rings (SSSR count). The topological polar surface area (TPSA) is 32.3 Å². The summed E-state index contributed by atoms with van der Waals surface area (Å²) in [6.45, 7) is 1.52. The SMILES string of the molecule is CN/C(=C\N(C)c1cccc(Cl)c1P)C(C)=O. The number of allylic oxidation sites excluding steroid dienone is 1. The van der Waals surface area contributed by atoms with Crippen LogP contribution in [0.1, 0.15) is 6.92 Å². The van der Waals surface area contributed by atoms with Crippen molar-refractivity contribution < 1.29 is 4.79 Å². The third-order valence-electron chi connectivity index (χ3n) is 2.38. The molecule has 0 aliphatic carbocycles. The van der Waals surface area contributed by atoms with Crippen molar-refractivity contribution in [3.63, 3.8) is 0 Å². The van der Waals surface area contributed by atoms with Gasteiger partial charge in [-0.1, -0.05) is 17.7 Å². The maximum Gasteiger partial charge on any atom is 0.177 e. The molecule has 0 saturated heterocycles. The number of rotatable bonds is 4. The largest absolute Gasteiger partial charge is 0.384 e. The summed E-state index contributed by atoms with van der Waals surface area (Å²) < 4.78 is 0. The van der Waals surface area contributed by atoms with E-state index in [9.17, 15) is 4.79 Å². The van der Waals surface area contributed by atoms with Crippen molar-refractivity contribution >= 4 is 37.6 Å². The Morgan fingerprint density at radius 2 is 2.18 bits per heavy atom. The van der Waals surface area contributed by atoms with Gasteiger partial charge >= 0.3 is 0 Å². The molecule has 1 atom stereocenters. The van der Waals surface area contributed by atoms with Gasteiger partial charge in [-0.05, 0) is 12.1 Å². The van der Waals surface area contributed by atoms with E-state index in [1.165, 1.54) is 6.92 Å². The summed E-state index contributed by atoms with van der Waals surface area (Å²) in [6, 6.07) is 5.65. The fourth-order valence-electron chi connectivity index (χ4n) is 1.43. The first kappa shape index (κ1) is 14.0. The Morgan fingerprint density at radius 1 is 1.53 bits per heavy atom. The molecule has 0 amide bonds. The van der Waals surface area contributed by atoms with Crippen molar-refractivity contribution in [2.24, 2.45) is 0 Å². The van der Waals surface area contributed by atoms with Gasteiger partial charge in [0.2, 0.25) is 0 Å². The summed E-state index contributed by atoms with van der Waals surface area (Å²) in [5.74, 6) is -0.00770. The number of Topliss-reactive ketones (excluding diaryl/α,β-unsaturated/α-hetero) is 1. The second-order valence-electron chi connectivity index (χ2n) is 3.63. The molecular formula is C12H16ClN2OP. The number of nitrogens with zero attached hydrogens (tertiary/aromatic N) is 1. The van der Waals surface area contributed by atoms with Gasteiger partial charge in [-0.25, -0.2) is 0 Å². The molecule has 0 aromatic heterocycles. The van der Waals surface area contributed by atoms with Crippen molar-refractivity contribution in [3.05, 3.63) is 35.1 Å². The Balaban J connectivity index is 3.08. The monoisotopic (exact) mass is 270 g/mol. The third-order valence-corrected chi connectivity index (χ3v) is 3.50. The van der Waals surface area contributed by atoms with Crippen LogP contribution >= 0.6 is 20.8 Å². The van der Waals surface area contributed by atoms with Crippen molar-refractivity contribution in [2.45, 2.75) is 6.92 Å². The molecule has 17 heavy (non-hydrogen) atoms. The maximum atomic E-state index is 11.3. The van der Waals surface area contributed by atoms with Gasteiger partial charge in [0.15, 0.2) is 5.78 Å². The minimum atomic E-state index is -0.00770. The van der Waals surface area contributed by atoms with Crippen LogP contribution in [0.15, 0.2) is 30.1 Å². The molecule has 0 spiro atoms. The van der Waals surface area contributed by atoms with E-state index >= 15 is 0 Å². The van der Waals surface area contributed by atoms with Crippen LogP contribution in [-0.4, -0.2) is 19.9 Å². The van der Waals surface area contributed by atoms with Gasteiger partial charge in [-0.3, -0.25) is 4.79 Å². The van der Waals surface area contributed by atoms with Gasteiger partial charge < -0.3 is 10.2 Å². The first-order valence-corrected chi connectivity index (χ1v) is 6.10. The molecule has 3 nitrogen and oxygen atoms in total. The van der Waals surface area contributed by atoms with Crippen LogP contribution in [0.5, 0.6) is 0 Å². The molecule has 0 aliphatic rings. The molecule has 0 fully saturated rings. The highest BCUT2D eigenvalue weighted by atomic mass is 35.5. The molecule has 92 valence electrons. The summed E-state index contributed by atoms with van der Waals surface area (Å²) >= 11 is 6.04. The summed E-state index contributed by atoms with van der Waals surface area (Å²) in [5.41, 5.74) is 1.49. The number of benzene rings is 1. The summed E-state index contributed by atoms with van der Waals surface area (Å²) in [7, 11) is 6.20. The standard InChI is InChI=1S/C12H16ClN2OP/c1-8(16)10(14-2)7-15(3)11-6-4-5-9(13)12(11)17/h4-7,14H,17H2,1-3H3/b10-7-. The number of carbonyl (C=O) groups is 1. The van der Waals surface area contributed by atoms with Crippen molar-refractivity contribution in [1.29, 1.82) is 0 Å². The summed E-state index contributed by atoms with van der Waals surface area (Å²) in [4.78, 5) is 13.2. The van der Waals surface area contributed by atoms with E-state index in [-0.39, 0.29) is 5.78 Å². The zero-order valence-electron chi connectivity index (χ0n) is 10.1. The van der Waals surface area contributed by atoms with E-state index in [0.717, 1.165) is 11.0 Å². The molecule has 0 heterocycles. The number of ketones is 1. The molecule has 1 aromatic rings. The van der Waals surface area contributed by atoms with Crippen molar-refractivity contribution in [3.8, 4) is 0 Å². The van der Waals surface area contributed by atoms with E-state index in [2.05, 4.69) is 14.6 Å². The first-order chi connectivity index (χ1) is 7.97. The van der Waals surface area contributed by atoms with Crippen LogP contribution in [0, 0.1) is 0 Å². The normalized spacial score (nSPS) is 11.2. The predicted molar refractivity (Wildman–Crippen MR) is 77.0 cm³/mol. The van der Waals surface area contributed by atoms with Gasteiger partial charge in [0.25, 0.3) is 0 Å². The molecule has 1 unspecified atom stereocenters. The number of nitrogens with one attached hydrogen (secondary N) is 1. The summed E-state index contributed by atoms with van der Waals surface area (Å²) in [5, 5.41) is 4.46. The number of hydrogen-bond acceptors (Lipinski definition) is 3. The van der Waals surface area contributed by atoms with Crippen LogP contribution in [0.3, 0.4) is 0 Å². The predicted octanol–water partition coefficient (Wildman–Crippen LogP) is 1.93. The van der Waals surface area contributed by atoms with Crippen LogP contribution in [-0.2, 0) is 4.79 Å². The lowest BCUT2D eigenvalue weighted by atomic mass is 10.3. The highest BCUT2D eigenvalue weighted by Crippen LogP contribution is 2.19. The quantitative estimate of drug-likeness (QED) is 0.670. The molecular weight excluding hydrogens is 255 g/mol. The van der Waals surface area contributed by atoms with Crippen LogP contribution < -0.4 is 15.5 Å². The van der Waals surface area contributed by atoms with Gasteiger partial charge in [0.1, 0.15) is 0 Å². The third kappa shape index (κ3) is 3.45. The average Bonchev–Trinajstić information content (AvgIpc) is 2.28. The Bertz CT molecular complexity index is 460. The number of hydrogen-bond donors (Lipinski definition) is 1. The van der Waals surface area contributed by atoms with Crippen LogP contribution in [0.25, 0.3) is 0 Å². The van der Waals surface area contributed by atoms with Crippen molar-refractivity contribution in [1.82, 2.24) is 5.32 Å². The Hall–Kier alpha value is -1.05. The maximum absolute atomic E-state index is 11.3. The highest BCUT2D eigenvalue weighted by molar-refractivity contribution is 7.28. The molecule has 0 aliphatic heterocycles.